The van der Waals surface area contributed by atoms with E-state index in [1.807, 2.05) is 33.8 Å². The second-order valence-corrected chi connectivity index (χ2v) is 14.5. The average Bonchev–Trinajstić information content (AvgIpc) is 3.68. The van der Waals surface area contributed by atoms with Gasteiger partial charge in [0, 0.05) is 33.5 Å². The van der Waals surface area contributed by atoms with Gasteiger partial charge in [-0.2, -0.15) is 0 Å². The first kappa shape index (κ1) is 39.0. The SMILES string of the molecule is CC.CC.c1ccc(-c2cc(-c3ccccc3)cc(-c3nc(-c4ccccc4)cc(-c4cccc(-c5cccc(-n6c7c(c8ccccc86)CCCC7)c5)c4)n3)c2)cc1. The Morgan fingerprint density at radius 3 is 1.51 bits per heavy atom. The third kappa shape index (κ3) is 8.15. The van der Waals surface area contributed by atoms with Crippen LogP contribution in [0.2, 0.25) is 0 Å². The first-order valence-corrected chi connectivity index (χ1v) is 21.3. The largest absolute Gasteiger partial charge is 0.313 e. The smallest absolute Gasteiger partial charge is 0.160 e. The van der Waals surface area contributed by atoms with Crippen molar-refractivity contribution in [1.82, 2.24) is 14.5 Å². The van der Waals surface area contributed by atoms with E-state index in [1.54, 1.807) is 0 Å². The fraction of sp³-hybridized carbons (Fsp3) is 0.143. The standard InChI is InChI=1S/C52H39N3.2C2H6/c1-4-16-36(17-5-1)42-31-43(37-18-6-2-7-19-37)33-44(32-42)52-53-48(38-20-8-3-9-21-38)35-49(54-52)41-24-14-22-39(30-41)40-23-15-25-45(34-40)55-50-28-12-10-26-46(50)47-27-11-13-29-51(47)55;2*1-2/h1-10,12,14-26,28,30-35H,11,13,27,29H2;2*1-2H3. The molecule has 0 saturated heterocycles. The fourth-order valence-corrected chi connectivity index (χ4v) is 8.31. The number of fused-ring (bicyclic) bond motifs is 3. The second kappa shape index (κ2) is 18.2. The third-order valence-electron chi connectivity index (χ3n) is 11.0. The van der Waals surface area contributed by atoms with Gasteiger partial charge in [0.2, 0.25) is 0 Å². The predicted octanol–water partition coefficient (Wildman–Crippen LogP) is 15.4. The lowest BCUT2D eigenvalue weighted by Gasteiger charge is -2.17. The van der Waals surface area contributed by atoms with Gasteiger partial charge >= 0.3 is 0 Å². The maximum absolute atomic E-state index is 5.33. The minimum atomic E-state index is 0.697. The van der Waals surface area contributed by atoms with Gasteiger partial charge in [0.05, 0.1) is 16.9 Å². The molecule has 2 heterocycles. The molecule has 0 N–H and O–H groups in total. The zero-order chi connectivity index (χ0) is 40.6. The van der Waals surface area contributed by atoms with Crippen molar-refractivity contribution in [3.63, 3.8) is 0 Å². The van der Waals surface area contributed by atoms with Crippen molar-refractivity contribution in [2.45, 2.75) is 53.4 Å². The normalized spacial score (nSPS) is 11.8. The zero-order valence-electron chi connectivity index (χ0n) is 34.6. The highest BCUT2D eigenvalue weighted by molar-refractivity contribution is 5.88. The predicted molar refractivity (Wildman–Crippen MR) is 251 cm³/mol. The van der Waals surface area contributed by atoms with Crippen LogP contribution in [0.5, 0.6) is 0 Å². The summed E-state index contributed by atoms with van der Waals surface area (Å²) in [5.41, 5.74) is 17.3. The van der Waals surface area contributed by atoms with Gasteiger partial charge in [0.1, 0.15) is 0 Å². The lowest BCUT2D eigenvalue weighted by Crippen LogP contribution is -2.06. The average molecular weight is 766 g/mol. The molecule has 59 heavy (non-hydrogen) atoms. The number of nitrogens with zero attached hydrogens (tertiary/aromatic N) is 3. The van der Waals surface area contributed by atoms with Gasteiger partial charge in [0.15, 0.2) is 5.82 Å². The Bertz CT molecular complexity index is 2740. The topological polar surface area (TPSA) is 30.7 Å². The fourth-order valence-electron chi connectivity index (χ4n) is 8.31. The van der Waals surface area contributed by atoms with Gasteiger partial charge < -0.3 is 4.57 Å². The van der Waals surface area contributed by atoms with Crippen molar-refractivity contribution >= 4 is 10.9 Å². The molecule has 0 saturated carbocycles. The van der Waals surface area contributed by atoms with Gasteiger partial charge in [-0.1, -0.05) is 167 Å². The summed E-state index contributed by atoms with van der Waals surface area (Å²) in [6, 6.07) is 67.1. The number of aryl methyl sites for hydroxylation is 1. The Kier molecular flexibility index (Phi) is 12.0. The van der Waals surface area contributed by atoms with Crippen molar-refractivity contribution in [3.05, 3.63) is 199 Å². The molecule has 7 aromatic carbocycles. The van der Waals surface area contributed by atoms with E-state index in [0.717, 1.165) is 68.7 Å². The summed E-state index contributed by atoms with van der Waals surface area (Å²) in [6.45, 7) is 8.00. The van der Waals surface area contributed by atoms with Crippen LogP contribution in [0.25, 0.3) is 83.9 Å². The van der Waals surface area contributed by atoms with Crippen LogP contribution in [0.1, 0.15) is 51.8 Å². The van der Waals surface area contributed by atoms with E-state index in [0.29, 0.717) is 5.82 Å². The lowest BCUT2D eigenvalue weighted by atomic mass is 9.95. The van der Waals surface area contributed by atoms with Crippen LogP contribution in [-0.4, -0.2) is 14.5 Å². The molecule has 0 aliphatic heterocycles. The van der Waals surface area contributed by atoms with Crippen LogP contribution < -0.4 is 0 Å². The molecule has 0 radical (unpaired) electrons. The molecule has 3 nitrogen and oxygen atoms in total. The summed E-state index contributed by atoms with van der Waals surface area (Å²) in [6.07, 6.45) is 4.77. The molecule has 10 rings (SSSR count). The molecule has 0 atom stereocenters. The number of hydrogen-bond acceptors (Lipinski definition) is 2. The number of benzene rings is 7. The molecule has 3 heteroatoms. The summed E-state index contributed by atoms with van der Waals surface area (Å²) in [4.78, 5) is 10.6. The van der Waals surface area contributed by atoms with E-state index in [1.165, 1.54) is 46.3 Å². The summed E-state index contributed by atoms with van der Waals surface area (Å²) in [7, 11) is 0. The van der Waals surface area contributed by atoms with E-state index < -0.39 is 0 Å². The van der Waals surface area contributed by atoms with Gasteiger partial charge in [-0.15, -0.1) is 0 Å². The van der Waals surface area contributed by atoms with Crippen LogP contribution in [0.4, 0.5) is 0 Å². The van der Waals surface area contributed by atoms with E-state index in [2.05, 4.69) is 187 Å². The summed E-state index contributed by atoms with van der Waals surface area (Å²) in [5.74, 6) is 0.697. The van der Waals surface area contributed by atoms with E-state index in [4.69, 9.17) is 9.97 Å². The van der Waals surface area contributed by atoms with E-state index in [9.17, 15) is 0 Å². The van der Waals surface area contributed by atoms with Crippen molar-refractivity contribution in [2.75, 3.05) is 0 Å². The summed E-state index contributed by atoms with van der Waals surface area (Å²) < 4.78 is 2.51. The molecule has 2 aromatic heterocycles. The van der Waals surface area contributed by atoms with Crippen molar-refractivity contribution in [3.8, 4) is 73.0 Å². The van der Waals surface area contributed by atoms with Crippen LogP contribution >= 0.6 is 0 Å². The van der Waals surface area contributed by atoms with Gasteiger partial charge in [-0.05, 0) is 113 Å². The maximum atomic E-state index is 5.33. The highest BCUT2D eigenvalue weighted by atomic mass is 15.0. The Morgan fingerprint density at radius 2 is 0.847 bits per heavy atom. The number of rotatable bonds is 7. The molecule has 0 fully saturated rings. The zero-order valence-corrected chi connectivity index (χ0v) is 34.6. The molecule has 0 spiro atoms. The molecule has 1 aliphatic rings. The van der Waals surface area contributed by atoms with E-state index >= 15 is 0 Å². The molecule has 0 bridgehead atoms. The Labute approximate surface area is 349 Å². The number of hydrogen-bond donors (Lipinski definition) is 0. The van der Waals surface area contributed by atoms with Crippen molar-refractivity contribution in [2.24, 2.45) is 0 Å². The van der Waals surface area contributed by atoms with Gasteiger partial charge in [-0.25, -0.2) is 9.97 Å². The minimum absolute atomic E-state index is 0.697. The second-order valence-electron chi connectivity index (χ2n) is 14.5. The summed E-state index contributed by atoms with van der Waals surface area (Å²) >= 11 is 0. The van der Waals surface area contributed by atoms with Gasteiger partial charge in [0.25, 0.3) is 0 Å². The monoisotopic (exact) mass is 765 g/mol. The van der Waals surface area contributed by atoms with Crippen molar-refractivity contribution in [1.29, 1.82) is 0 Å². The minimum Gasteiger partial charge on any atom is -0.313 e. The van der Waals surface area contributed by atoms with Crippen molar-refractivity contribution < 1.29 is 0 Å². The molecular formula is C56H51N3. The highest BCUT2D eigenvalue weighted by Gasteiger charge is 2.21. The maximum Gasteiger partial charge on any atom is 0.160 e. The molecule has 1 aliphatic carbocycles. The van der Waals surface area contributed by atoms with Crippen LogP contribution in [0, 0.1) is 0 Å². The van der Waals surface area contributed by atoms with Gasteiger partial charge in [-0.3, -0.25) is 0 Å². The first-order chi connectivity index (χ1) is 29.2. The van der Waals surface area contributed by atoms with E-state index in [-0.39, 0.29) is 0 Å². The van der Waals surface area contributed by atoms with Crippen LogP contribution in [0.3, 0.4) is 0 Å². The van der Waals surface area contributed by atoms with Crippen LogP contribution in [0.15, 0.2) is 188 Å². The molecular weight excluding hydrogens is 715 g/mol. The number of aromatic nitrogens is 3. The number of para-hydroxylation sites is 1. The first-order valence-electron chi connectivity index (χ1n) is 21.3. The molecule has 0 unspecified atom stereocenters. The Morgan fingerprint density at radius 1 is 0.373 bits per heavy atom. The quantitative estimate of drug-likeness (QED) is 0.162. The Hall–Kier alpha value is -6.84. The Balaban J connectivity index is 0.00000118. The third-order valence-corrected chi connectivity index (χ3v) is 11.0. The molecule has 9 aromatic rings. The lowest BCUT2D eigenvalue weighted by molar-refractivity contribution is 0.667. The highest BCUT2D eigenvalue weighted by Crippen LogP contribution is 2.37. The van der Waals surface area contributed by atoms with Crippen LogP contribution in [-0.2, 0) is 12.8 Å². The summed E-state index contributed by atoms with van der Waals surface area (Å²) in [5, 5.41) is 1.39. The molecule has 290 valence electrons. The molecule has 0 amide bonds.